The molecule has 119 valence electrons. The van der Waals surface area contributed by atoms with E-state index in [4.69, 9.17) is 23.3 Å². The molecule has 1 N–H and O–H groups in total. The quantitative estimate of drug-likeness (QED) is 0.726. The second kappa shape index (κ2) is 7.33. The van der Waals surface area contributed by atoms with Crippen molar-refractivity contribution in [2.75, 3.05) is 13.7 Å². The van der Waals surface area contributed by atoms with Crippen molar-refractivity contribution in [1.82, 2.24) is 4.98 Å². The number of ether oxygens (including phenoxy) is 1. The maximum atomic E-state index is 12.0. The average Bonchev–Trinajstić information content (AvgIpc) is 2.72. The van der Waals surface area contributed by atoms with Crippen molar-refractivity contribution in [3.63, 3.8) is 0 Å². The van der Waals surface area contributed by atoms with Crippen molar-refractivity contribution in [2.24, 2.45) is 5.41 Å². The molecule has 0 fully saturated rings. The molecule has 0 aliphatic heterocycles. The van der Waals surface area contributed by atoms with Gasteiger partial charge in [0.15, 0.2) is 0 Å². The summed E-state index contributed by atoms with van der Waals surface area (Å²) in [4.78, 5) is 15.1. The molecule has 1 amide bonds. The fraction of sp³-hybridized carbons (Fsp3) is 0.643. The Morgan fingerprint density at radius 3 is 2.43 bits per heavy atom. The molecular formula is C14H24Cl2NO2SiTi. The number of halogens is 2. The topological polar surface area (TPSA) is 38.3 Å². The van der Waals surface area contributed by atoms with E-state index in [0.717, 1.165) is 6.42 Å². The number of methoxy groups -OCH3 is 1. The first kappa shape index (κ1) is 19.5. The van der Waals surface area contributed by atoms with Crippen LogP contribution in [0.5, 0.6) is 0 Å². The van der Waals surface area contributed by atoms with Crippen molar-refractivity contribution >= 4 is 32.8 Å². The fourth-order valence-corrected chi connectivity index (χ4v) is 10.6. The van der Waals surface area contributed by atoms with Gasteiger partial charge in [-0.1, -0.05) is 0 Å². The van der Waals surface area contributed by atoms with Crippen LogP contribution in [0.25, 0.3) is 0 Å². The molecule has 21 heavy (non-hydrogen) atoms. The standard InChI is InChI=1S/C14H24NO2Si.2ClH.Ti/c1-14(2,3)11-8-7-9-12(11)18(5,6)15-13(16)10-17-4;;;/h8H,7,10H2,1-6H3,(H,15,16);2*1H;/q;;;+2/p-2. The van der Waals surface area contributed by atoms with E-state index >= 15 is 0 Å². The van der Waals surface area contributed by atoms with Gasteiger partial charge in [0.25, 0.3) is 0 Å². The van der Waals surface area contributed by atoms with Gasteiger partial charge in [-0.15, -0.1) is 0 Å². The molecule has 3 nitrogen and oxygen atoms in total. The predicted molar refractivity (Wildman–Crippen MR) is 88.4 cm³/mol. The zero-order chi connectivity index (χ0) is 16.4. The van der Waals surface area contributed by atoms with Gasteiger partial charge < -0.3 is 0 Å². The van der Waals surface area contributed by atoms with Gasteiger partial charge >= 0.3 is 143 Å². The van der Waals surface area contributed by atoms with Crippen molar-refractivity contribution in [3.8, 4) is 0 Å². The second-order valence-corrected chi connectivity index (χ2v) is 16.5. The Kier molecular flexibility index (Phi) is 6.79. The molecule has 0 saturated heterocycles. The summed E-state index contributed by atoms with van der Waals surface area (Å²) in [5.74, 6) is -0.0770. The van der Waals surface area contributed by atoms with Crippen LogP contribution in [-0.4, -0.2) is 27.9 Å². The SMILES string of the molecule is COCC(=O)N[Si](C)(C)C1=[C]([Ti]([Cl])[Cl])CC=C1C(C)(C)C. The summed E-state index contributed by atoms with van der Waals surface area (Å²) in [5, 5.41) is 1.25. The van der Waals surface area contributed by atoms with Crippen LogP contribution in [-0.2, 0) is 25.3 Å². The van der Waals surface area contributed by atoms with E-state index in [2.05, 4.69) is 44.9 Å². The summed E-state index contributed by atoms with van der Waals surface area (Å²) in [7, 11) is 12.0. The number of nitrogens with one attached hydrogen (secondary N) is 1. The van der Waals surface area contributed by atoms with E-state index in [-0.39, 0.29) is 17.9 Å². The third-order valence-electron chi connectivity index (χ3n) is 3.47. The van der Waals surface area contributed by atoms with Crippen molar-refractivity contribution in [1.29, 1.82) is 0 Å². The van der Waals surface area contributed by atoms with Crippen LogP contribution in [0.1, 0.15) is 27.2 Å². The first-order chi connectivity index (χ1) is 9.50. The predicted octanol–water partition coefficient (Wildman–Crippen LogP) is 4.05. The van der Waals surface area contributed by atoms with Gasteiger partial charge in [0.1, 0.15) is 0 Å². The zero-order valence-corrected chi connectivity index (χ0v) is 17.6. The molecule has 0 unspecified atom stereocenters. The molecule has 0 heterocycles. The number of allylic oxidation sites excluding steroid dienone is 4. The Hall–Kier alpha value is 0.421. The Bertz CT molecular complexity index is 482. The fourth-order valence-electron chi connectivity index (χ4n) is 2.72. The van der Waals surface area contributed by atoms with Gasteiger partial charge in [0, 0.05) is 0 Å². The Morgan fingerprint density at radius 1 is 1.43 bits per heavy atom. The Balaban J connectivity index is 3.21. The van der Waals surface area contributed by atoms with Gasteiger partial charge in [-0.25, -0.2) is 0 Å². The summed E-state index contributed by atoms with van der Waals surface area (Å²) in [6.07, 6.45) is 3.07. The van der Waals surface area contributed by atoms with Crippen LogP contribution in [0.4, 0.5) is 0 Å². The number of carbonyl (C=O) groups excluding carboxylic acids is 1. The second-order valence-electron chi connectivity index (χ2n) is 6.79. The molecule has 0 aromatic carbocycles. The molecule has 1 aliphatic rings. The van der Waals surface area contributed by atoms with Gasteiger partial charge in [-0.05, 0) is 0 Å². The van der Waals surface area contributed by atoms with E-state index in [0.29, 0.717) is 0 Å². The Morgan fingerprint density at radius 2 is 2.00 bits per heavy atom. The molecule has 0 aromatic heterocycles. The summed E-state index contributed by atoms with van der Waals surface area (Å²) in [6, 6.07) is 0. The van der Waals surface area contributed by atoms with Gasteiger partial charge in [0.05, 0.1) is 0 Å². The number of carbonyl (C=O) groups is 1. The molecule has 0 atom stereocenters. The van der Waals surface area contributed by atoms with Crippen LogP contribution < -0.4 is 4.98 Å². The molecule has 0 radical (unpaired) electrons. The van der Waals surface area contributed by atoms with Crippen molar-refractivity contribution in [2.45, 2.75) is 40.3 Å². The molecule has 1 rings (SSSR count). The minimum absolute atomic E-state index is 0.0227. The molecule has 0 saturated carbocycles. The molecule has 7 heteroatoms. The van der Waals surface area contributed by atoms with Gasteiger partial charge in [0.2, 0.25) is 0 Å². The third-order valence-corrected chi connectivity index (χ3v) is 9.89. The Labute approximate surface area is 142 Å². The maximum absolute atomic E-state index is 12.0. The normalized spacial score (nSPS) is 16.1. The number of hydrogen-bond acceptors (Lipinski definition) is 2. The summed E-state index contributed by atoms with van der Waals surface area (Å²) < 4.78 is 6.11. The molecule has 0 bridgehead atoms. The summed E-state index contributed by atoms with van der Waals surface area (Å²) in [6.45, 7) is 10.9. The van der Waals surface area contributed by atoms with E-state index in [1.54, 1.807) is 0 Å². The summed E-state index contributed by atoms with van der Waals surface area (Å²) >= 11 is -2.21. The van der Waals surface area contributed by atoms with Crippen molar-refractivity contribution in [3.05, 3.63) is 20.7 Å². The summed E-state index contributed by atoms with van der Waals surface area (Å²) in [5.41, 5.74) is 1.31. The number of amides is 1. The van der Waals surface area contributed by atoms with Gasteiger partial charge in [-0.3, -0.25) is 0 Å². The van der Waals surface area contributed by atoms with Gasteiger partial charge in [-0.2, -0.15) is 0 Å². The third kappa shape index (κ3) is 4.95. The number of rotatable bonds is 5. The molecule has 1 aliphatic carbocycles. The van der Waals surface area contributed by atoms with Crippen LogP contribution in [0, 0.1) is 5.41 Å². The first-order valence-corrected chi connectivity index (χ1v) is 15.0. The van der Waals surface area contributed by atoms with Crippen molar-refractivity contribution < 1.29 is 25.3 Å². The molecule has 0 aromatic rings. The van der Waals surface area contributed by atoms with Crippen LogP contribution >= 0.6 is 18.6 Å². The number of hydrogen-bond donors (Lipinski definition) is 1. The van der Waals surface area contributed by atoms with E-state index in [1.807, 2.05) is 0 Å². The van der Waals surface area contributed by atoms with Crippen LogP contribution in [0.15, 0.2) is 20.7 Å². The van der Waals surface area contributed by atoms with Crippen LogP contribution in [0.3, 0.4) is 0 Å². The monoisotopic (exact) mass is 384 g/mol. The molecule has 0 spiro atoms. The molecular weight excluding hydrogens is 361 g/mol. The first-order valence-electron chi connectivity index (χ1n) is 6.93. The van der Waals surface area contributed by atoms with E-state index in [9.17, 15) is 4.79 Å². The minimum atomic E-state index is -2.21. The van der Waals surface area contributed by atoms with E-state index in [1.165, 1.54) is 21.8 Å². The van der Waals surface area contributed by atoms with Crippen LogP contribution in [0.2, 0.25) is 13.1 Å². The average molecular weight is 385 g/mol. The van der Waals surface area contributed by atoms with E-state index < -0.39 is 24.0 Å². The zero-order valence-electron chi connectivity index (χ0n) is 13.6.